The molecule has 2 aromatic carbocycles. The molecule has 19 heteroatoms. The first-order valence-electron chi connectivity index (χ1n) is 9.47. The number of hydrogen-bond donors (Lipinski definition) is 0. The Morgan fingerprint density at radius 2 is 1.24 bits per heavy atom. The Morgan fingerprint density at radius 1 is 0.784 bits per heavy atom. The number of benzene rings is 2. The molecule has 0 bridgehead atoms. The van der Waals surface area contributed by atoms with E-state index in [1.165, 1.54) is 0 Å². The van der Waals surface area contributed by atoms with E-state index in [9.17, 15) is 60.4 Å². The quantitative estimate of drug-likeness (QED) is 0.442. The van der Waals surface area contributed by atoms with Crippen LogP contribution in [0.4, 0.5) is 35.1 Å². The highest BCUT2D eigenvalue weighted by Gasteiger charge is 2.69. The summed E-state index contributed by atoms with van der Waals surface area (Å²) < 4.78 is 178. The number of alkyl halides is 6. The van der Waals surface area contributed by atoms with Gasteiger partial charge in [0.25, 0.3) is 0 Å². The molecule has 37 heavy (non-hydrogen) atoms. The first-order valence-corrected chi connectivity index (χ1v) is 14.2. The van der Waals surface area contributed by atoms with Crippen molar-refractivity contribution in [3.8, 4) is 0 Å². The second-order valence-corrected chi connectivity index (χ2v) is 14.3. The average molecular weight is 622 g/mol. The summed E-state index contributed by atoms with van der Waals surface area (Å²) in [7, 11) is -19.6. The summed E-state index contributed by atoms with van der Waals surface area (Å²) in [6.45, 7) is 0. The van der Waals surface area contributed by atoms with E-state index in [2.05, 4.69) is 0 Å². The van der Waals surface area contributed by atoms with E-state index >= 15 is 0 Å². The van der Waals surface area contributed by atoms with Gasteiger partial charge in [-0.25, -0.2) is 34.0 Å². The number of sulfone groups is 1. The Balaban J connectivity index is 2.27. The molecule has 0 spiro atoms. The van der Waals surface area contributed by atoms with Crippen LogP contribution >= 0.6 is 11.6 Å². The Labute approximate surface area is 209 Å². The zero-order valence-corrected chi connectivity index (χ0v) is 20.8. The molecule has 1 saturated carbocycles. The monoisotopic (exact) mass is 621 g/mol. The molecule has 0 N–H and O–H groups in total. The molecule has 1 aliphatic rings. The molecule has 0 aromatic heterocycles. The Hall–Kier alpha value is -2.02. The first kappa shape index (κ1) is 29.5. The van der Waals surface area contributed by atoms with Crippen molar-refractivity contribution in [1.29, 1.82) is 0 Å². The van der Waals surface area contributed by atoms with Gasteiger partial charge in [0.1, 0.15) is 16.4 Å². The summed E-state index contributed by atoms with van der Waals surface area (Å²) in [6.07, 6.45) is -3.22. The van der Waals surface area contributed by atoms with Gasteiger partial charge >= 0.3 is 31.1 Å². The van der Waals surface area contributed by atoms with Crippen LogP contribution in [0.5, 0.6) is 0 Å². The van der Waals surface area contributed by atoms with E-state index in [-0.39, 0.29) is 5.02 Å². The highest BCUT2D eigenvalue weighted by Crippen LogP contribution is 2.55. The predicted molar refractivity (Wildman–Crippen MR) is 111 cm³/mol. The van der Waals surface area contributed by atoms with E-state index in [0.29, 0.717) is 18.2 Å². The van der Waals surface area contributed by atoms with Crippen LogP contribution in [0.25, 0.3) is 0 Å². The lowest BCUT2D eigenvalue weighted by Crippen LogP contribution is -2.63. The van der Waals surface area contributed by atoms with Crippen LogP contribution in [0.15, 0.2) is 47.4 Å². The predicted octanol–water partition coefficient (Wildman–Crippen LogP) is 4.45. The van der Waals surface area contributed by atoms with Crippen molar-refractivity contribution in [2.24, 2.45) is 0 Å². The highest BCUT2D eigenvalue weighted by atomic mass is 35.5. The third kappa shape index (κ3) is 4.70. The average Bonchev–Trinajstić information content (AvgIpc) is 2.70. The van der Waals surface area contributed by atoms with Crippen LogP contribution in [-0.2, 0) is 34.6 Å². The second-order valence-electron chi connectivity index (χ2n) is 7.76. The third-order valence-electron chi connectivity index (χ3n) is 5.55. The van der Waals surface area contributed by atoms with Gasteiger partial charge in [-0.1, -0.05) is 15.3 Å². The lowest BCUT2D eigenvalue weighted by Gasteiger charge is -2.49. The standard InChI is InChI=1S/C18H12ClF8NO6S3/c19-10-1-4-13(5-2-10)35(29,30)16(14-7-11(20)3-6-15(14)21)8-12(9-16)28(36(31,32)17(22,23)24)37(33,34)18(25,26)27/h1-7,12H,8-9H2. The van der Waals surface area contributed by atoms with Gasteiger partial charge in [0, 0.05) is 16.6 Å². The minimum absolute atomic E-state index is 0.00450. The summed E-state index contributed by atoms with van der Waals surface area (Å²) in [6, 6.07) is 2.22. The molecule has 0 unspecified atom stereocenters. The molecule has 0 heterocycles. The molecule has 1 fully saturated rings. The molecular formula is C18H12ClF8NO6S3. The molecule has 206 valence electrons. The van der Waals surface area contributed by atoms with Gasteiger partial charge in [-0.15, -0.1) is 0 Å². The SMILES string of the molecule is O=S(=O)(c1ccc(Cl)cc1)C1(c2cc(F)ccc2F)CC(N(S(=O)(=O)C(F)(F)F)S(=O)(=O)C(F)(F)F)C1. The summed E-state index contributed by atoms with van der Waals surface area (Å²) in [5.74, 6) is -2.71. The lowest BCUT2D eigenvalue weighted by atomic mass is 9.75. The minimum atomic E-state index is -7.26. The van der Waals surface area contributed by atoms with E-state index in [0.717, 1.165) is 24.3 Å². The molecule has 0 amide bonds. The van der Waals surface area contributed by atoms with Crippen molar-refractivity contribution < 1.29 is 60.4 Å². The van der Waals surface area contributed by atoms with Crippen molar-refractivity contribution in [2.45, 2.75) is 39.5 Å². The van der Waals surface area contributed by atoms with Crippen LogP contribution in [0, 0.1) is 11.6 Å². The summed E-state index contributed by atoms with van der Waals surface area (Å²) in [5, 5.41) is -0.00450. The fraction of sp³-hybridized carbons (Fsp3) is 0.333. The Bertz CT molecular complexity index is 1490. The maximum absolute atomic E-state index is 14.7. The van der Waals surface area contributed by atoms with E-state index in [1.807, 2.05) is 0 Å². The van der Waals surface area contributed by atoms with E-state index < -0.39 is 90.3 Å². The number of hydrogen-bond acceptors (Lipinski definition) is 6. The van der Waals surface area contributed by atoms with Crippen molar-refractivity contribution in [3.05, 3.63) is 64.7 Å². The van der Waals surface area contributed by atoms with Crippen molar-refractivity contribution >= 4 is 41.5 Å². The van der Waals surface area contributed by atoms with Crippen LogP contribution in [-0.4, -0.2) is 46.0 Å². The van der Waals surface area contributed by atoms with Crippen LogP contribution in [0.1, 0.15) is 18.4 Å². The summed E-state index contributed by atoms with van der Waals surface area (Å²) in [4.78, 5) is -0.692. The van der Waals surface area contributed by atoms with Gasteiger partial charge in [-0.05, 0) is 55.3 Å². The van der Waals surface area contributed by atoms with Crippen molar-refractivity contribution in [3.63, 3.8) is 0 Å². The normalized spacial score (nSPS) is 21.6. The van der Waals surface area contributed by atoms with Gasteiger partial charge in [-0.3, -0.25) is 0 Å². The topological polar surface area (TPSA) is 106 Å². The molecule has 3 rings (SSSR count). The number of halogens is 9. The highest BCUT2D eigenvalue weighted by molar-refractivity contribution is 8.04. The van der Waals surface area contributed by atoms with Crippen molar-refractivity contribution in [1.82, 2.24) is 3.71 Å². The first-order chi connectivity index (χ1) is 16.6. The second kappa shape index (κ2) is 9.03. The minimum Gasteiger partial charge on any atom is -0.223 e. The molecule has 7 nitrogen and oxygen atoms in total. The third-order valence-corrected chi connectivity index (χ3v) is 12.2. The van der Waals surface area contributed by atoms with Gasteiger partial charge < -0.3 is 0 Å². The van der Waals surface area contributed by atoms with E-state index in [1.54, 1.807) is 0 Å². The summed E-state index contributed by atoms with van der Waals surface area (Å²) >= 11 is 5.68. The number of sulfonamides is 2. The molecule has 1 aliphatic carbocycles. The molecule has 0 atom stereocenters. The Morgan fingerprint density at radius 3 is 1.68 bits per heavy atom. The van der Waals surface area contributed by atoms with Crippen LogP contribution in [0.2, 0.25) is 5.02 Å². The zero-order valence-electron chi connectivity index (χ0n) is 17.6. The lowest BCUT2D eigenvalue weighted by molar-refractivity contribution is -0.0562. The van der Waals surface area contributed by atoms with Crippen LogP contribution < -0.4 is 0 Å². The largest absolute Gasteiger partial charge is 0.512 e. The molecule has 2 aromatic rings. The molecule has 0 aliphatic heterocycles. The van der Waals surface area contributed by atoms with E-state index in [4.69, 9.17) is 11.6 Å². The number of nitrogens with zero attached hydrogens (tertiary/aromatic N) is 1. The fourth-order valence-electron chi connectivity index (χ4n) is 3.85. The van der Waals surface area contributed by atoms with Gasteiger partial charge in [0.05, 0.1) is 4.90 Å². The maximum atomic E-state index is 14.7. The smallest absolute Gasteiger partial charge is 0.223 e. The van der Waals surface area contributed by atoms with Gasteiger partial charge in [0.15, 0.2) is 9.84 Å². The fourth-order valence-corrected chi connectivity index (χ4v) is 9.22. The molecule has 0 radical (unpaired) electrons. The molecule has 0 saturated heterocycles. The maximum Gasteiger partial charge on any atom is 0.512 e. The van der Waals surface area contributed by atoms with Gasteiger partial charge in [0.2, 0.25) is 0 Å². The van der Waals surface area contributed by atoms with Crippen LogP contribution in [0.3, 0.4) is 0 Å². The molecular weight excluding hydrogens is 610 g/mol. The summed E-state index contributed by atoms with van der Waals surface area (Å²) in [5.41, 5.74) is -14.2. The van der Waals surface area contributed by atoms with Gasteiger partial charge in [-0.2, -0.15) is 26.3 Å². The number of rotatable bonds is 6. The zero-order chi connectivity index (χ0) is 28.4. The van der Waals surface area contributed by atoms with Crippen molar-refractivity contribution in [2.75, 3.05) is 0 Å². The Kier molecular flexibility index (Phi) is 7.21.